The molecular formula is C17H28Cl2N4O2. The normalized spacial score (nSPS) is 21.1. The van der Waals surface area contributed by atoms with Gasteiger partial charge in [0.05, 0.1) is 18.3 Å². The fourth-order valence-corrected chi connectivity index (χ4v) is 3.45. The predicted molar refractivity (Wildman–Crippen MR) is 104 cm³/mol. The van der Waals surface area contributed by atoms with Crippen LogP contribution in [0.15, 0.2) is 18.3 Å². The summed E-state index contributed by atoms with van der Waals surface area (Å²) in [6, 6.07) is 3.64. The Balaban J connectivity index is 0.00000156. The highest BCUT2D eigenvalue weighted by Gasteiger charge is 2.40. The Morgan fingerprint density at radius 3 is 2.76 bits per heavy atom. The van der Waals surface area contributed by atoms with E-state index in [2.05, 4.69) is 20.9 Å². The summed E-state index contributed by atoms with van der Waals surface area (Å²) in [6.45, 7) is 6.37. The summed E-state index contributed by atoms with van der Waals surface area (Å²) >= 11 is 0. The van der Waals surface area contributed by atoms with E-state index in [4.69, 9.17) is 4.74 Å². The Bertz CT molecular complexity index is 536. The van der Waals surface area contributed by atoms with Crippen LogP contribution in [-0.2, 0) is 4.74 Å². The molecule has 6 nitrogen and oxygen atoms in total. The highest BCUT2D eigenvalue weighted by Crippen LogP contribution is 2.40. The first kappa shape index (κ1) is 22.0. The van der Waals surface area contributed by atoms with Crippen LogP contribution >= 0.6 is 24.8 Å². The third-order valence-corrected chi connectivity index (χ3v) is 4.82. The lowest BCUT2D eigenvalue weighted by Gasteiger charge is -2.32. The van der Waals surface area contributed by atoms with Crippen LogP contribution in [0.1, 0.15) is 36.5 Å². The molecule has 0 radical (unpaired) electrons. The van der Waals surface area contributed by atoms with Crippen molar-refractivity contribution in [2.75, 3.05) is 38.1 Å². The van der Waals surface area contributed by atoms with E-state index >= 15 is 0 Å². The van der Waals surface area contributed by atoms with Crippen molar-refractivity contribution >= 4 is 36.5 Å². The van der Waals surface area contributed by atoms with E-state index in [9.17, 15) is 4.79 Å². The number of anilines is 1. The van der Waals surface area contributed by atoms with Crippen molar-refractivity contribution < 1.29 is 9.53 Å². The minimum absolute atomic E-state index is 0. The van der Waals surface area contributed by atoms with Crippen LogP contribution in [0.4, 0.5) is 5.82 Å². The molecule has 1 spiro atoms. The Kier molecular flexibility index (Phi) is 8.93. The van der Waals surface area contributed by atoms with Gasteiger partial charge in [0.15, 0.2) is 0 Å². The molecule has 1 unspecified atom stereocenters. The average molecular weight is 391 g/mol. The number of halogens is 2. The standard InChI is InChI=1S/C17H26N4O2.2ClH/c1-2-19-16(22)13-3-4-15(20-10-13)21-11-14-9-17(12-23-14)5-7-18-8-6-17;;/h3-4,10,14,18H,2,5-9,11-12H2,1H3,(H,19,22)(H,20,21);2*1H. The maximum atomic E-state index is 11.7. The highest BCUT2D eigenvalue weighted by atomic mass is 35.5. The van der Waals surface area contributed by atoms with Gasteiger partial charge in [-0.3, -0.25) is 4.79 Å². The SMILES string of the molecule is CCNC(=O)c1ccc(NCC2CC3(CCNCC3)CO2)nc1.Cl.Cl. The molecule has 0 saturated carbocycles. The summed E-state index contributed by atoms with van der Waals surface area (Å²) in [7, 11) is 0. The predicted octanol–water partition coefficient (Wildman–Crippen LogP) is 2.25. The number of nitrogens with one attached hydrogen (secondary N) is 3. The van der Waals surface area contributed by atoms with E-state index in [1.807, 2.05) is 13.0 Å². The topological polar surface area (TPSA) is 75.3 Å². The molecule has 0 aromatic carbocycles. The Hall–Kier alpha value is -1.08. The smallest absolute Gasteiger partial charge is 0.252 e. The number of ether oxygens (including phenoxy) is 1. The van der Waals surface area contributed by atoms with Gasteiger partial charge in [-0.25, -0.2) is 4.98 Å². The molecule has 3 rings (SSSR count). The fourth-order valence-electron chi connectivity index (χ4n) is 3.45. The molecule has 142 valence electrons. The van der Waals surface area contributed by atoms with Gasteiger partial charge in [-0.15, -0.1) is 24.8 Å². The van der Waals surface area contributed by atoms with E-state index in [0.29, 0.717) is 17.5 Å². The minimum Gasteiger partial charge on any atom is -0.376 e. The summed E-state index contributed by atoms with van der Waals surface area (Å²) in [5.74, 6) is 0.700. The molecule has 1 aromatic rings. The maximum absolute atomic E-state index is 11.7. The van der Waals surface area contributed by atoms with Gasteiger partial charge >= 0.3 is 0 Å². The molecule has 1 atom stereocenters. The second kappa shape index (κ2) is 10.2. The van der Waals surface area contributed by atoms with Crippen molar-refractivity contribution in [3.8, 4) is 0 Å². The summed E-state index contributed by atoms with van der Waals surface area (Å²) in [5, 5.41) is 9.51. The molecule has 1 aromatic heterocycles. The lowest BCUT2D eigenvalue weighted by atomic mass is 9.77. The minimum atomic E-state index is -0.0847. The third kappa shape index (κ3) is 5.71. The third-order valence-electron chi connectivity index (χ3n) is 4.82. The number of amides is 1. The number of hydrogen-bond acceptors (Lipinski definition) is 5. The van der Waals surface area contributed by atoms with Gasteiger partial charge in [0.1, 0.15) is 5.82 Å². The molecule has 8 heteroatoms. The Morgan fingerprint density at radius 1 is 1.36 bits per heavy atom. The first-order valence-electron chi connectivity index (χ1n) is 8.51. The van der Waals surface area contributed by atoms with E-state index < -0.39 is 0 Å². The van der Waals surface area contributed by atoms with Crippen LogP contribution in [0.5, 0.6) is 0 Å². The van der Waals surface area contributed by atoms with E-state index in [-0.39, 0.29) is 36.8 Å². The van der Waals surface area contributed by atoms with Gasteiger partial charge in [0.2, 0.25) is 0 Å². The fraction of sp³-hybridized carbons (Fsp3) is 0.647. The van der Waals surface area contributed by atoms with Gasteiger partial charge < -0.3 is 20.7 Å². The first-order chi connectivity index (χ1) is 11.2. The van der Waals surface area contributed by atoms with Crippen molar-refractivity contribution in [2.45, 2.75) is 32.3 Å². The molecule has 2 saturated heterocycles. The van der Waals surface area contributed by atoms with E-state index in [0.717, 1.165) is 38.5 Å². The van der Waals surface area contributed by atoms with Crippen molar-refractivity contribution in [1.82, 2.24) is 15.6 Å². The summed E-state index contributed by atoms with van der Waals surface area (Å²) in [5.41, 5.74) is 0.968. The van der Waals surface area contributed by atoms with Crippen LogP contribution in [0, 0.1) is 5.41 Å². The Morgan fingerprint density at radius 2 is 2.12 bits per heavy atom. The quantitative estimate of drug-likeness (QED) is 0.718. The van der Waals surface area contributed by atoms with Crippen LogP contribution < -0.4 is 16.0 Å². The number of pyridine rings is 1. The van der Waals surface area contributed by atoms with E-state index in [1.54, 1.807) is 12.3 Å². The second-order valence-corrected chi connectivity index (χ2v) is 6.56. The number of piperidine rings is 1. The zero-order valence-electron chi connectivity index (χ0n) is 14.5. The highest BCUT2D eigenvalue weighted by molar-refractivity contribution is 5.93. The maximum Gasteiger partial charge on any atom is 0.252 e. The van der Waals surface area contributed by atoms with Crippen molar-refractivity contribution in [3.05, 3.63) is 23.9 Å². The molecule has 2 fully saturated rings. The molecule has 0 bridgehead atoms. The molecule has 3 N–H and O–H groups in total. The molecule has 25 heavy (non-hydrogen) atoms. The largest absolute Gasteiger partial charge is 0.376 e. The zero-order chi connectivity index (χ0) is 16.1. The van der Waals surface area contributed by atoms with E-state index in [1.165, 1.54) is 12.8 Å². The average Bonchev–Trinajstić information content (AvgIpc) is 2.97. The van der Waals surface area contributed by atoms with Crippen molar-refractivity contribution in [3.63, 3.8) is 0 Å². The number of hydrogen-bond donors (Lipinski definition) is 3. The van der Waals surface area contributed by atoms with Crippen LogP contribution in [-0.4, -0.2) is 49.8 Å². The summed E-state index contributed by atoms with van der Waals surface area (Å²) in [4.78, 5) is 16.0. The molecule has 2 aliphatic rings. The molecular weight excluding hydrogens is 363 g/mol. The summed E-state index contributed by atoms with van der Waals surface area (Å²) in [6.07, 6.45) is 5.40. The molecule has 1 amide bonds. The molecule has 3 heterocycles. The molecule has 0 aliphatic carbocycles. The van der Waals surface area contributed by atoms with Crippen molar-refractivity contribution in [1.29, 1.82) is 0 Å². The lowest BCUT2D eigenvalue weighted by molar-refractivity contribution is 0.0924. The van der Waals surface area contributed by atoms with Gasteiger partial charge in [-0.05, 0) is 56.8 Å². The Labute approximate surface area is 161 Å². The van der Waals surface area contributed by atoms with Crippen LogP contribution in [0.2, 0.25) is 0 Å². The number of carbonyl (C=O) groups excluding carboxylic acids is 1. The molecule has 2 aliphatic heterocycles. The summed E-state index contributed by atoms with van der Waals surface area (Å²) < 4.78 is 5.98. The number of nitrogens with zero attached hydrogens (tertiary/aromatic N) is 1. The lowest BCUT2D eigenvalue weighted by Crippen LogP contribution is -2.37. The zero-order valence-corrected chi connectivity index (χ0v) is 16.2. The number of carbonyl (C=O) groups is 1. The van der Waals surface area contributed by atoms with Gasteiger partial charge in [0, 0.05) is 19.3 Å². The second-order valence-electron chi connectivity index (χ2n) is 6.56. The van der Waals surface area contributed by atoms with Gasteiger partial charge in [-0.2, -0.15) is 0 Å². The van der Waals surface area contributed by atoms with Gasteiger partial charge in [0.25, 0.3) is 5.91 Å². The number of aromatic nitrogens is 1. The van der Waals surface area contributed by atoms with Gasteiger partial charge in [-0.1, -0.05) is 0 Å². The van der Waals surface area contributed by atoms with Crippen LogP contribution in [0.25, 0.3) is 0 Å². The monoisotopic (exact) mass is 390 g/mol. The first-order valence-corrected chi connectivity index (χ1v) is 8.51. The number of rotatable bonds is 5. The van der Waals surface area contributed by atoms with Crippen molar-refractivity contribution in [2.24, 2.45) is 5.41 Å². The van der Waals surface area contributed by atoms with Crippen LogP contribution in [0.3, 0.4) is 0 Å².